The number of fused-ring (bicyclic) bond motifs is 1. The Morgan fingerprint density at radius 3 is 2.65 bits per heavy atom. The summed E-state index contributed by atoms with van der Waals surface area (Å²) in [6.45, 7) is 1.97. The van der Waals surface area contributed by atoms with Crippen molar-refractivity contribution in [3.8, 4) is 0 Å². The summed E-state index contributed by atoms with van der Waals surface area (Å²) in [7, 11) is 3.77. The van der Waals surface area contributed by atoms with Crippen molar-refractivity contribution in [1.29, 1.82) is 0 Å². The number of hydrogen-bond acceptors (Lipinski definition) is 3. The number of nitrogens with two attached hydrogens (primary N) is 1. The zero-order chi connectivity index (χ0) is 12.6. The smallest absolute Gasteiger partial charge is 0.249 e. The first-order valence-electron chi connectivity index (χ1n) is 5.38. The number of benzene rings is 1. The molecule has 0 bridgehead atoms. The van der Waals surface area contributed by atoms with E-state index in [1.54, 1.807) is 6.07 Å². The van der Waals surface area contributed by atoms with Crippen LogP contribution in [0.3, 0.4) is 0 Å². The quantitative estimate of drug-likeness (QED) is 0.852. The van der Waals surface area contributed by atoms with Gasteiger partial charge in [0.05, 0.1) is 11.1 Å². The molecule has 88 valence electrons. The number of hydrogen-bond donors (Lipinski definition) is 1. The van der Waals surface area contributed by atoms with Crippen LogP contribution in [0.15, 0.2) is 24.3 Å². The van der Waals surface area contributed by atoms with Crippen molar-refractivity contribution in [2.24, 2.45) is 5.73 Å². The minimum absolute atomic E-state index is 0.425. The molecule has 17 heavy (non-hydrogen) atoms. The van der Waals surface area contributed by atoms with E-state index in [0.29, 0.717) is 5.56 Å². The minimum atomic E-state index is -0.425. The van der Waals surface area contributed by atoms with Gasteiger partial charge in [-0.1, -0.05) is 18.2 Å². The Hall–Kier alpha value is -2.10. The molecule has 1 heterocycles. The molecule has 0 unspecified atom stereocenters. The standard InChI is InChI=1S/C13H15N3O/c1-8-5-4-6-9-10(13(14)17)7-11(16(2)3)15-12(8)9/h4-7H,1-3H3,(H2,14,17). The van der Waals surface area contributed by atoms with E-state index in [2.05, 4.69) is 4.98 Å². The number of nitrogens with zero attached hydrogens (tertiary/aromatic N) is 2. The fourth-order valence-electron chi connectivity index (χ4n) is 1.81. The topological polar surface area (TPSA) is 59.2 Å². The normalized spacial score (nSPS) is 10.5. The molecule has 4 heteroatoms. The van der Waals surface area contributed by atoms with E-state index in [1.807, 2.05) is 44.1 Å². The van der Waals surface area contributed by atoms with Gasteiger partial charge in [0.1, 0.15) is 5.82 Å². The van der Waals surface area contributed by atoms with Gasteiger partial charge in [-0.2, -0.15) is 0 Å². The van der Waals surface area contributed by atoms with Crippen molar-refractivity contribution >= 4 is 22.6 Å². The third kappa shape index (κ3) is 1.93. The number of primary amides is 1. The van der Waals surface area contributed by atoms with Crippen LogP contribution < -0.4 is 10.6 Å². The predicted octanol–water partition coefficient (Wildman–Crippen LogP) is 1.71. The van der Waals surface area contributed by atoms with Crippen LogP contribution in [0, 0.1) is 6.92 Å². The number of rotatable bonds is 2. The number of anilines is 1. The van der Waals surface area contributed by atoms with E-state index >= 15 is 0 Å². The second kappa shape index (κ2) is 4.05. The molecule has 1 amide bonds. The SMILES string of the molecule is Cc1cccc2c(C(N)=O)cc(N(C)C)nc12. The van der Waals surface area contributed by atoms with Crippen LogP contribution in [0.25, 0.3) is 10.9 Å². The van der Waals surface area contributed by atoms with E-state index in [0.717, 1.165) is 22.3 Å². The number of pyridine rings is 1. The lowest BCUT2D eigenvalue weighted by molar-refractivity contribution is 0.100. The summed E-state index contributed by atoms with van der Waals surface area (Å²) in [6, 6.07) is 7.47. The molecule has 4 nitrogen and oxygen atoms in total. The average Bonchev–Trinajstić information content (AvgIpc) is 2.28. The van der Waals surface area contributed by atoms with Gasteiger partial charge in [0.25, 0.3) is 0 Å². The van der Waals surface area contributed by atoms with Crippen molar-refractivity contribution in [2.75, 3.05) is 19.0 Å². The van der Waals surface area contributed by atoms with Crippen molar-refractivity contribution in [1.82, 2.24) is 4.98 Å². The Kier molecular flexibility index (Phi) is 2.71. The van der Waals surface area contributed by atoms with Gasteiger partial charge in [0.15, 0.2) is 0 Å². The third-order valence-electron chi connectivity index (χ3n) is 2.75. The van der Waals surface area contributed by atoms with Crippen molar-refractivity contribution in [3.05, 3.63) is 35.4 Å². The van der Waals surface area contributed by atoms with E-state index in [-0.39, 0.29) is 0 Å². The molecule has 2 N–H and O–H groups in total. The minimum Gasteiger partial charge on any atom is -0.366 e. The Labute approximate surface area is 100 Å². The monoisotopic (exact) mass is 229 g/mol. The molecular weight excluding hydrogens is 214 g/mol. The van der Waals surface area contributed by atoms with Gasteiger partial charge in [0, 0.05) is 19.5 Å². The molecule has 0 atom stereocenters. The van der Waals surface area contributed by atoms with E-state index < -0.39 is 5.91 Å². The van der Waals surface area contributed by atoms with Crippen LogP contribution >= 0.6 is 0 Å². The van der Waals surface area contributed by atoms with Gasteiger partial charge in [-0.15, -0.1) is 0 Å². The molecule has 0 aliphatic rings. The molecule has 1 aromatic carbocycles. The molecular formula is C13H15N3O. The number of para-hydroxylation sites is 1. The summed E-state index contributed by atoms with van der Waals surface area (Å²) in [6.07, 6.45) is 0. The number of amides is 1. The van der Waals surface area contributed by atoms with Gasteiger partial charge in [0.2, 0.25) is 5.91 Å². The molecule has 0 radical (unpaired) electrons. The second-order valence-corrected chi connectivity index (χ2v) is 4.26. The van der Waals surface area contributed by atoms with Gasteiger partial charge in [-0.05, 0) is 18.6 Å². The largest absolute Gasteiger partial charge is 0.366 e. The van der Waals surface area contributed by atoms with Crippen molar-refractivity contribution in [2.45, 2.75) is 6.92 Å². The molecule has 0 aliphatic heterocycles. The number of aromatic nitrogens is 1. The van der Waals surface area contributed by atoms with Gasteiger partial charge in [-0.3, -0.25) is 4.79 Å². The zero-order valence-electron chi connectivity index (χ0n) is 10.2. The van der Waals surface area contributed by atoms with Gasteiger partial charge >= 0.3 is 0 Å². The van der Waals surface area contributed by atoms with Crippen LogP contribution in [-0.2, 0) is 0 Å². The lowest BCUT2D eigenvalue weighted by atomic mass is 10.1. The summed E-state index contributed by atoms with van der Waals surface area (Å²) in [5.74, 6) is 0.312. The average molecular weight is 229 g/mol. The lowest BCUT2D eigenvalue weighted by Crippen LogP contribution is -2.16. The summed E-state index contributed by atoms with van der Waals surface area (Å²) in [5, 5.41) is 0.808. The first-order valence-corrected chi connectivity index (χ1v) is 5.38. The molecule has 2 rings (SSSR count). The van der Waals surface area contributed by atoms with E-state index in [1.165, 1.54) is 0 Å². The van der Waals surface area contributed by atoms with Crippen molar-refractivity contribution < 1.29 is 4.79 Å². The number of aryl methyl sites for hydroxylation is 1. The first kappa shape index (κ1) is 11.4. The molecule has 0 spiro atoms. The maximum Gasteiger partial charge on any atom is 0.249 e. The molecule has 0 saturated carbocycles. The number of carbonyl (C=O) groups is 1. The van der Waals surface area contributed by atoms with Crippen LogP contribution in [-0.4, -0.2) is 25.0 Å². The Bertz CT molecular complexity index is 590. The maximum atomic E-state index is 11.5. The second-order valence-electron chi connectivity index (χ2n) is 4.26. The number of carbonyl (C=O) groups excluding carboxylic acids is 1. The molecule has 0 fully saturated rings. The summed E-state index contributed by atoms with van der Waals surface area (Å²) in [4.78, 5) is 17.9. The van der Waals surface area contributed by atoms with Crippen LogP contribution in [0.4, 0.5) is 5.82 Å². The highest BCUT2D eigenvalue weighted by Gasteiger charge is 2.12. The van der Waals surface area contributed by atoms with E-state index in [4.69, 9.17) is 5.73 Å². The highest BCUT2D eigenvalue weighted by atomic mass is 16.1. The first-order chi connectivity index (χ1) is 8.00. The maximum absolute atomic E-state index is 11.5. The summed E-state index contributed by atoms with van der Waals surface area (Å²) < 4.78 is 0. The Morgan fingerprint density at radius 1 is 1.35 bits per heavy atom. The van der Waals surface area contributed by atoms with E-state index in [9.17, 15) is 4.79 Å². The fourth-order valence-corrected chi connectivity index (χ4v) is 1.81. The summed E-state index contributed by atoms with van der Waals surface area (Å²) in [5.41, 5.74) is 7.79. The van der Waals surface area contributed by atoms with Crippen LogP contribution in [0.1, 0.15) is 15.9 Å². The van der Waals surface area contributed by atoms with Crippen LogP contribution in [0.2, 0.25) is 0 Å². The highest BCUT2D eigenvalue weighted by molar-refractivity contribution is 6.06. The zero-order valence-corrected chi connectivity index (χ0v) is 10.2. The summed E-state index contributed by atoms with van der Waals surface area (Å²) >= 11 is 0. The Balaban J connectivity index is 2.86. The predicted molar refractivity (Wildman–Crippen MR) is 69.3 cm³/mol. The fraction of sp³-hybridized carbons (Fsp3) is 0.231. The molecule has 0 aliphatic carbocycles. The van der Waals surface area contributed by atoms with Gasteiger partial charge < -0.3 is 10.6 Å². The lowest BCUT2D eigenvalue weighted by Gasteiger charge is -2.14. The highest BCUT2D eigenvalue weighted by Crippen LogP contribution is 2.24. The molecule has 1 aromatic heterocycles. The van der Waals surface area contributed by atoms with Crippen molar-refractivity contribution in [3.63, 3.8) is 0 Å². The molecule has 2 aromatic rings. The molecule has 0 saturated heterocycles. The van der Waals surface area contributed by atoms with Crippen LogP contribution in [0.5, 0.6) is 0 Å². The Morgan fingerprint density at radius 2 is 2.06 bits per heavy atom. The van der Waals surface area contributed by atoms with Gasteiger partial charge in [-0.25, -0.2) is 4.98 Å². The third-order valence-corrected chi connectivity index (χ3v) is 2.75.